The standard InChI is InChI=1S/C28H35N3O5/c1-19(2)36-14-8-13-29-27(33)28(3)18-30-23-10-7-6-9-20(23)15-24(30)26(32)31(28)17-21-11-12-22(34-4)16-25(21)35-5/h6-7,9-12,15-16,19H,8,13-14,17-18H2,1-5H3,(H,29,33). The fraction of sp³-hybridized carbons (Fsp3) is 0.429. The van der Waals surface area contributed by atoms with Gasteiger partial charge in [-0.25, -0.2) is 0 Å². The quantitative estimate of drug-likeness (QED) is 0.432. The van der Waals surface area contributed by atoms with Crippen LogP contribution in [0.15, 0.2) is 48.5 Å². The maximum absolute atomic E-state index is 13.9. The molecule has 0 spiro atoms. The number of aromatic nitrogens is 1. The zero-order chi connectivity index (χ0) is 25.9. The minimum absolute atomic E-state index is 0.143. The van der Waals surface area contributed by atoms with E-state index in [1.807, 2.05) is 67.8 Å². The molecule has 0 fully saturated rings. The lowest BCUT2D eigenvalue weighted by atomic mass is 9.93. The van der Waals surface area contributed by atoms with E-state index in [1.165, 1.54) is 0 Å². The van der Waals surface area contributed by atoms with E-state index in [0.717, 1.165) is 16.5 Å². The van der Waals surface area contributed by atoms with Crippen LogP contribution in [-0.2, 0) is 22.6 Å². The molecule has 192 valence electrons. The van der Waals surface area contributed by atoms with Gasteiger partial charge in [-0.3, -0.25) is 9.59 Å². The molecule has 4 rings (SSSR count). The summed E-state index contributed by atoms with van der Waals surface area (Å²) < 4.78 is 18.5. The predicted molar refractivity (Wildman–Crippen MR) is 138 cm³/mol. The number of nitrogens with zero attached hydrogens (tertiary/aromatic N) is 2. The molecule has 0 bridgehead atoms. The molecular weight excluding hydrogens is 458 g/mol. The van der Waals surface area contributed by atoms with Gasteiger partial charge in [-0.05, 0) is 51.5 Å². The fourth-order valence-corrected chi connectivity index (χ4v) is 4.69. The highest BCUT2D eigenvalue weighted by atomic mass is 16.5. The van der Waals surface area contributed by atoms with E-state index < -0.39 is 5.54 Å². The molecule has 0 radical (unpaired) electrons. The van der Waals surface area contributed by atoms with E-state index in [0.29, 0.717) is 43.3 Å². The van der Waals surface area contributed by atoms with Gasteiger partial charge in [-0.15, -0.1) is 0 Å². The van der Waals surface area contributed by atoms with E-state index in [1.54, 1.807) is 25.2 Å². The molecule has 1 aromatic heterocycles. The minimum atomic E-state index is -1.12. The van der Waals surface area contributed by atoms with Crippen LogP contribution in [0.25, 0.3) is 10.9 Å². The van der Waals surface area contributed by atoms with Gasteiger partial charge in [0, 0.05) is 35.7 Å². The third kappa shape index (κ3) is 4.91. The SMILES string of the molecule is COc1ccc(CN2C(=O)c3cc4ccccc4n3CC2(C)C(=O)NCCCOC(C)C)c(OC)c1. The van der Waals surface area contributed by atoms with Crippen LogP contribution >= 0.6 is 0 Å². The lowest BCUT2D eigenvalue weighted by Crippen LogP contribution is -2.63. The number of ether oxygens (including phenoxy) is 3. The van der Waals surface area contributed by atoms with E-state index in [4.69, 9.17) is 14.2 Å². The number of amides is 2. The van der Waals surface area contributed by atoms with Crippen molar-refractivity contribution in [3.63, 3.8) is 0 Å². The Morgan fingerprint density at radius 3 is 2.61 bits per heavy atom. The first-order valence-electron chi connectivity index (χ1n) is 12.3. The van der Waals surface area contributed by atoms with Gasteiger partial charge in [-0.1, -0.05) is 18.2 Å². The Morgan fingerprint density at radius 2 is 1.89 bits per heavy atom. The van der Waals surface area contributed by atoms with Gasteiger partial charge in [0.05, 0.1) is 33.4 Å². The maximum Gasteiger partial charge on any atom is 0.271 e. The largest absolute Gasteiger partial charge is 0.497 e. The van der Waals surface area contributed by atoms with Gasteiger partial charge >= 0.3 is 0 Å². The van der Waals surface area contributed by atoms with Crippen molar-refractivity contribution in [3.05, 3.63) is 59.8 Å². The molecule has 8 heteroatoms. The number of nitrogens with one attached hydrogen (secondary N) is 1. The molecule has 1 N–H and O–H groups in total. The Morgan fingerprint density at radius 1 is 1.11 bits per heavy atom. The first-order valence-corrected chi connectivity index (χ1v) is 12.3. The number of fused-ring (bicyclic) bond motifs is 3. The van der Waals surface area contributed by atoms with E-state index in [2.05, 4.69) is 5.32 Å². The third-order valence-corrected chi connectivity index (χ3v) is 6.71. The van der Waals surface area contributed by atoms with Gasteiger partial charge in [0.25, 0.3) is 5.91 Å². The highest BCUT2D eigenvalue weighted by Crippen LogP contribution is 2.35. The van der Waals surface area contributed by atoms with Crippen molar-refractivity contribution in [2.75, 3.05) is 27.4 Å². The summed E-state index contributed by atoms with van der Waals surface area (Å²) in [5.74, 6) is 0.860. The maximum atomic E-state index is 13.9. The second-order valence-electron chi connectivity index (χ2n) is 9.55. The lowest BCUT2D eigenvalue weighted by molar-refractivity contribution is -0.133. The molecule has 0 aliphatic carbocycles. The number of benzene rings is 2. The smallest absolute Gasteiger partial charge is 0.271 e. The molecule has 8 nitrogen and oxygen atoms in total. The van der Waals surface area contributed by atoms with Crippen molar-refractivity contribution < 1.29 is 23.8 Å². The summed E-state index contributed by atoms with van der Waals surface area (Å²) in [6.45, 7) is 7.39. The average molecular weight is 494 g/mol. The van der Waals surface area contributed by atoms with Gasteiger partial charge in [0.2, 0.25) is 5.91 Å². The molecule has 2 amide bonds. The molecule has 1 aliphatic heterocycles. The van der Waals surface area contributed by atoms with Gasteiger partial charge < -0.3 is 29.0 Å². The van der Waals surface area contributed by atoms with Crippen LogP contribution in [0.3, 0.4) is 0 Å². The van der Waals surface area contributed by atoms with Crippen LogP contribution in [-0.4, -0.2) is 60.3 Å². The molecule has 2 heterocycles. The molecular formula is C28H35N3O5. The van der Waals surface area contributed by atoms with Crippen LogP contribution < -0.4 is 14.8 Å². The van der Waals surface area contributed by atoms with Gasteiger partial charge in [-0.2, -0.15) is 0 Å². The molecule has 1 atom stereocenters. The number of carbonyl (C=O) groups excluding carboxylic acids is 2. The summed E-state index contributed by atoms with van der Waals surface area (Å²) in [5, 5.41) is 4.01. The van der Waals surface area contributed by atoms with Crippen LogP contribution in [0.5, 0.6) is 11.5 Å². The Kier molecular flexibility index (Phi) is 7.54. The van der Waals surface area contributed by atoms with Crippen LogP contribution in [0.1, 0.15) is 43.2 Å². The molecule has 2 aromatic carbocycles. The zero-order valence-corrected chi connectivity index (χ0v) is 21.7. The van der Waals surface area contributed by atoms with E-state index >= 15 is 0 Å². The fourth-order valence-electron chi connectivity index (χ4n) is 4.69. The topological polar surface area (TPSA) is 82.0 Å². The summed E-state index contributed by atoms with van der Waals surface area (Å²) in [4.78, 5) is 29.3. The molecule has 0 saturated carbocycles. The minimum Gasteiger partial charge on any atom is -0.497 e. The number of rotatable bonds is 10. The molecule has 1 unspecified atom stereocenters. The summed E-state index contributed by atoms with van der Waals surface area (Å²) >= 11 is 0. The van der Waals surface area contributed by atoms with Crippen molar-refractivity contribution in [1.29, 1.82) is 0 Å². The summed E-state index contributed by atoms with van der Waals surface area (Å²) in [5.41, 5.74) is 1.18. The van der Waals surface area contributed by atoms with Gasteiger partial charge in [0.15, 0.2) is 0 Å². The number of para-hydroxylation sites is 1. The predicted octanol–water partition coefficient (Wildman–Crippen LogP) is 4.00. The van der Waals surface area contributed by atoms with Crippen molar-refractivity contribution in [2.45, 2.75) is 51.9 Å². The third-order valence-electron chi connectivity index (χ3n) is 6.71. The molecule has 0 saturated heterocycles. The summed E-state index contributed by atoms with van der Waals surface area (Å²) in [7, 11) is 3.17. The molecule has 3 aromatic rings. The first kappa shape index (κ1) is 25.6. The number of methoxy groups -OCH3 is 2. The van der Waals surface area contributed by atoms with Crippen molar-refractivity contribution >= 4 is 22.7 Å². The van der Waals surface area contributed by atoms with E-state index in [-0.39, 0.29) is 24.5 Å². The molecule has 1 aliphatic rings. The summed E-state index contributed by atoms with van der Waals surface area (Å²) in [6.07, 6.45) is 0.836. The zero-order valence-electron chi connectivity index (χ0n) is 21.7. The average Bonchev–Trinajstić information content (AvgIpc) is 3.24. The Hall–Kier alpha value is -3.52. The van der Waals surface area contributed by atoms with E-state index in [9.17, 15) is 9.59 Å². The van der Waals surface area contributed by atoms with Crippen LogP contribution in [0, 0.1) is 0 Å². The highest BCUT2D eigenvalue weighted by molar-refractivity contribution is 6.03. The Labute approximate surface area is 212 Å². The van der Waals surface area contributed by atoms with Gasteiger partial charge in [0.1, 0.15) is 22.7 Å². The number of hydrogen-bond donors (Lipinski definition) is 1. The van der Waals surface area contributed by atoms with Crippen LogP contribution in [0.4, 0.5) is 0 Å². The number of hydrogen-bond acceptors (Lipinski definition) is 5. The lowest BCUT2D eigenvalue weighted by Gasteiger charge is -2.44. The van der Waals surface area contributed by atoms with Crippen molar-refractivity contribution in [3.8, 4) is 11.5 Å². The number of carbonyl (C=O) groups is 2. The highest BCUT2D eigenvalue weighted by Gasteiger charge is 2.47. The molecule has 36 heavy (non-hydrogen) atoms. The monoisotopic (exact) mass is 493 g/mol. The van der Waals surface area contributed by atoms with Crippen molar-refractivity contribution in [2.24, 2.45) is 0 Å². The second-order valence-corrected chi connectivity index (χ2v) is 9.55. The Bertz CT molecular complexity index is 1250. The second kappa shape index (κ2) is 10.6. The van der Waals surface area contributed by atoms with Crippen molar-refractivity contribution in [1.82, 2.24) is 14.8 Å². The summed E-state index contributed by atoms with van der Waals surface area (Å²) in [6, 6.07) is 15.2. The Balaban J connectivity index is 1.68. The first-order chi connectivity index (χ1) is 17.3. The van der Waals surface area contributed by atoms with Crippen LogP contribution in [0.2, 0.25) is 0 Å². The normalized spacial score (nSPS) is 17.4.